The number of rotatable bonds is 4. The molecule has 3 N–H and O–H groups in total. The summed E-state index contributed by atoms with van der Waals surface area (Å²) in [6.45, 7) is 3.61. The molecular weight excluding hydrogens is 315 g/mol. The first-order valence-corrected chi connectivity index (χ1v) is 6.82. The number of hydrazone groups is 1. The van der Waals surface area contributed by atoms with E-state index < -0.39 is 11.9 Å². The van der Waals surface area contributed by atoms with Crippen molar-refractivity contribution in [1.29, 1.82) is 5.41 Å². The number of alkyl halides is 3. The number of halogens is 3. The first kappa shape index (κ1) is 16.3. The lowest BCUT2D eigenvalue weighted by molar-refractivity contribution is -0.0922. The van der Waals surface area contributed by atoms with Crippen LogP contribution in [-0.4, -0.2) is 23.9 Å². The summed E-state index contributed by atoms with van der Waals surface area (Å²) in [6.07, 6.45) is 0.416. The third-order valence-corrected chi connectivity index (χ3v) is 2.98. The second-order valence-corrected chi connectivity index (χ2v) is 5.31. The third-order valence-electron chi connectivity index (χ3n) is 2.87. The zero-order valence-electron chi connectivity index (χ0n) is 11.4. The Kier molecular flexibility index (Phi) is 4.74. The van der Waals surface area contributed by atoms with E-state index in [2.05, 4.69) is 40.0 Å². The number of hydrogen-bond donors (Lipinski definition) is 4. The number of aliphatic imine (C=N–C) groups is 1. The number of thiol groups is 1. The number of amidine groups is 1. The van der Waals surface area contributed by atoms with Crippen LogP contribution in [0.5, 0.6) is 0 Å². The Balaban J connectivity index is 2.03. The summed E-state index contributed by atoms with van der Waals surface area (Å²) in [5, 5.41) is 15.0. The Morgan fingerprint density at radius 3 is 2.68 bits per heavy atom. The van der Waals surface area contributed by atoms with Gasteiger partial charge in [-0.15, -0.1) is 12.6 Å². The fourth-order valence-electron chi connectivity index (χ4n) is 1.63. The van der Waals surface area contributed by atoms with Crippen molar-refractivity contribution in [3.05, 3.63) is 35.2 Å². The van der Waals surface area contributed by atoms with Gasteiger partial charge in [0.25, 0.3) is 0 Å². The maximum atomic E-state index is 12.5. The zero-order valence-corrected chi connectivity index (χ0v) is 12.3. The van der Waals surface area contributed by atoms with E-state index in [9.17, 15) is 13.2 Å². The van der Waals surface area contributed by atoms with E-state index in [4.69, 9.17) is 5.41 Å². The van der Waals surface area contributed by atoms with Crippen LogP contribution in [0.15, 0.2) is 45.2 Å². The lowest BCUT2D eigenvalue weighted by atomic mass is 10.1. The lowest BCUT2D eigenvalue weighted by Crippen LogP contribution is -2.24. The average molecular weight is 329 g/mol. The molecule has 1 fully saturated rings. The van der Waals surface area contributed by atoms with Gasteiger partial charge in [0.15, 0.2) is 0 Å². The van der Waals surface area contributed by atoms with E-state index in [0.717, 1.165) is 19.1 Å². The number of nitrogens with one attached hydrogen (secondary N) is 3. The molecular formula is C13H14F3N5S. The van der Waals surface area contributed by atoms with Gasteiger partial charge in [0, 0.05) is 23.9 Å². The Morgan fingerprint density at radius 1 is 1.50 bits per heavy atom. The van der Waals surface area contributed by atoms with Crippen LogP contribution < -0.4 is 10.7 Å². The summed E-state index contributed by atoms with van der Waals surface area (Å²) in [4.78, 5) is 3.30. The molecule has 22 heavy (non-hydrogen) atoms. The quantitative estimate of drug-likeness (QED) is 0.277. The van der Waals surface area contributed by atoms with Crippen LogP contribution in [0.1, 0.15) is 12.8 Å². The Labute approximate surface area is 130 Å². The van der Waals surface area contributed by atoms with Crippen molar-refractivity contribution in [3.8, 4) is 0 Å². The minimum absolute atomic E-state index is 0.205. The summed E-state index contributed by atoms with van der Waals surface area (Å²) < 4.78 is 37.4. The van der Waals surface area contributed by atoms with Crippen molar-refractivity contribution >= 4 is 30.4 Å². The van der Waals surface area contributed by atoms with Crippen LogP contribution >= 0.6 is 12.6 Å². The molecule has 2 rings (SSSR count). The van der Waals surface area contributed by atoms with Gasteiger partial charge in [0.1, 0.15) is 11.5 Å². The van der Waals surface area contributed by atoms with Gasteiger partial charge in [-0.2, -0.15) is 18.3 Å². The van der Waals surface area contributed by atoms with Crippen LogP contribution in [-0.2, 0) is 0 Å². The molecule has 0 bridgehead atoms. The summed E-state index contributed by atoms with van der Waals surface area (Å²) in [5.41, 5.74) is 1.44. The molecule has 9 heteroatoms. The molecule has 2 aliphatic rings. The van der Waals surface area contributed by atoms with Gasteiger partial charge < -0.3 is 10.7 Å². The topological polar surface area (TPSA) is 72.6 Å². The second-order valence-electron chi connectivity index (χ2n) is 4.77. The summed E-state index contributed by atoms with van der Waals surface area (Å²) in [6, 6.07) is 0. The number of nitrogens with zero attached hydrogens (tertiary/aromatic N) is 2. The molecule has 1 heterocycles. The molecule has 0 saturated heterocycles. The zero-order chi connectivity index (χ0) is 16.3. The highest BCUT2D eigenvalue weighted by molar-refractivity contribution is 7.84. The van der Waals surface area contributed by atoms with Gasteiger partial charge in [-0.1, -0.05) is 6.58 Å². The molecule has 1 aliphatic heterocycles. The summed E-state index contributed by atoms with van der Waals surface area (Å²) >= 11 is 4.04. The molecule has 1 saturated carbocycles. The van der Waals surface area contributed by atoms with E-state index in [1.54, 1.807) is 0 Å². The minimum Gasteiger partial charge on any atom is -0.337 e. The van der Waals surface area contributed by atoms with Crippen LogP contribution in [0.25, 0.3) is 0 Å². The normalized spacial score (nSPS) is 20.9. The fraction of sp³-hybridized carbons (Fsp3) is 0.308. The molecule has 1 aliphatic carbocycles. The van der Waals surface area contributed by atoms with Crippen LogP contribution in [0.3, 0.4) is 0 Å². The van der Waals surface area contributed by atoms with Crippen molar-refractivity contribution in [2.24, 2.45) is 16.0 Å². The Hall–Kier alpha value is -2.03. The monoisotopic (exact) mass is 329 g/mol. The predicted molar refractivity (Wildman–Crippen MR) is 83.0 cm³/mol. The van der Waals surface area contributed by atoms with Crippen LogP contribution in [0.4, 0.5) is 13.2 Å². The maximum Gasteiger partial charge on any atom is 0.433 e. The summed E-state index contributed by atoms with van der Waals surface area (Å²) in [5.74, 6) is 0.952. The predicted octanol–water partition coefficient (Wildman–Crippen LogP) is 2.72. The molecule has 0 aromatic heterocycles. The van der Waals surface area contributed by atoms with Gasteiger partial charge in [0.2, 0.25) is 0 Å². The van der Waals surface area contributed by atoms with Crippen molar-refractivity contribution in [2.75, 3.05) is 0 Å². The van der Waals surface area contributed by atoms with E-state index in [-0.39, 0.29) is 11.3 Å². The Bertz CT molecular complexity index is 612. The molecule has 0 aromatic carbocycles. The number of allylic oxidation sites excluding steroid dienone is 3. The smallest absolute Gasteiger partial charge is 0.337 e. The van der Waals surface area contributed by atoms with E-state index in [1.165, 1.54) is 6.20 Å². The standard InChI is InChI=1S/C13H14F3N5S/c1-7(22)20-12(8-2-3-8)21-19-6-9-5-18-11(4-10(9)17)13(14,15)16/h4-6,8,17,19,22H,1-3H2,(H,20,21)/b9-6-,17-10?. The third kappa shape index (κ3) is 4.48. The van der Waals surface area contributed by atoms with E-state index in [1.807, 2.05) is 0 Å². The molecule has 0 amide bonds. The molecule has 0 atom stereocenters. The number of hydrogen-bond acceptors (Lipinski definition) is 5. The van der Waals surface area contributed by atoms with Gasteiger partial charge >= 0.3 is 6.18 Å². The first-order chi connectivity index (χ1) is 10.3. The molecule has 0 radical (unpaired) electrons. The van der Waals surface area contributed by atoms with Gasteiger partial charge in [-0.25, -0.2) is 0 Å². The van der Waals surface area contributed by atoms with Crippen molar-refractivity contribution < 1.29 is 13.2 Å². The second kappa shape index (κ2) is 6.39. The highest BCUT2D eigenvalue weighted by Crippen LogP contribution is 2.30. The highest BCUT2D eigenvalue weighted by Gasteiger charge is 2.35. The largest absolute Gasteiger partial charge is 0.433 e. The van der Waals surface area contributed by atoms with E-state index >= 15 is 0 Å². The molecule has 5 nitrogen and oxygen atoms in total. The van der Waals surface area contributed by atoms with Gasteiger partial charge in [-0.3, -0.25) is 10.4 Å². The molecule has 0 aromatic rings. The van der Waals surface area contributed by atoms with Crippen LogP contribution in [0.2, 0.25) is 0 Å². The highest BCUT2D eigenvalue weighted by atomic mass is 32.1. The lowest BCUT2D eigenvalue weighted by Gasteiger charge is -2.12. The Morgan fingerprint density at radius 2 is 2.18 bits per heavy atom. The van der Waals surface area contributed by atoms with Crippen LogP contribution in [0, 0.1) is 11.3 Å². The first-order valence-electron chi connectivity index (χ1n) is 6.37. The maximum absolute atomic E-state index is 12.5. The molecule has 118 valence electrons. The molecule has 0 unspecified atom stereocenters. The fourth-order valence-corrected chi connectivity index (χ4v) is 1.75. The van der Waals surface area contributed by atoms with Crippen molar-refractivity contribution in [2.45, 2.75) is 19.0 Å². The minimum atomic E-state index is -4.56. The van der Waals surface area contributed by atoms with Crippen molar-refractivity contribution in [1.82, 2.24) is 10.7 Å². The van der Waals surface area contributed by atoms with Crippen molar-refractivity contribution in [3.63, 3.8) is 0 Å². The van der Waals surface area contributed by atoms with E-state index in [0.29, 0.717) is 22.9 Å². The summed E-state index contributed by atoms with van der Waals surface area (Å²) in [7, 11) is 0. The average Bonchev–Trinajstić information content (AvgIpc) is 3.22. The SMILES string of the molecule is C=C(S)N/C(=N\N/C=C1/C=NC(C(F)(F)F)=CC1=N)C1CC1. The van der Waals surface area contributed by atoms with Gasteiger partial charge in [0.05, 0.1) is 10.7 Å². The van der Waals surface area contributed by atoms with Gasteiger partial charge in [-0.05, 0) is 18.9 Å². The molecule has 0 spiro atoms.